The van der Waals surface area contributed by atoms with Crippen LogP contribution in [0.15, 0.2) is 28.4 Å². The first kappa shape index (κ1) is 23.0. The molecule has 0 saturated heterocycles. The Morgan fingerprint density at radius 2 is 1.97 bits per heavy atom. The molecule has 2 fully saturated rings. The fraction of sp³-hybridized carbons (Fsp3) is 0.680. The number of Topliss-reactive ketones (excluding diaryl/α,β-unsaturated/α-hetero) is 1. The van der Waals surface area contributed by atoms with Gasteiger partial charge in [0, 0.05) is 12.3 Å². The molecular formula is C25H36O5. The Morgan fingerprint density at radius 1 is 1.30 bits per heavy atom. The first-order valence-corrected chi connectivity index (χ1v) is 11.2. The van der Waals surface area contributed by atoms with Crippen LogP contribution in [0.4, 0.5) is 0 Å². The van der Waals surface area contributed by atoms with Gasteiger partial charge in [0.25, 0.3) is 0 Å². The Morgan fingerprint density at radius 3 is 2.53 bits per heavy atom. The van der Waals surface area contributed by atoms with Gasteiger partial charge in [-0.15, -0.1) is 0 Å². The number of ketones is 2. The van der Waals surface area contributed by atoms with Gasteiger partial charge in [-0.25, -0.2) is 0 Å². The maximum Gasteiger partial charge on any atom is 0.190 e. The Bertz CT molecular complexity index is 847. The van der Waals surface area contributed by atoms with E-state index in [0.29, 0.717) is 12.8 Å². The van der Waals surface area contributed by atoms with Crippen molar-refractivity contribution in [1.82, 2.24) is 0 Å². The molecule has 5 nitrogen and oxygen atoms in total. The molecule has 2 aliphatic carbocycles. The summed E-state index contributed by atoms with van der Waals surface area (Å²) in [5.74, 6) is -1.52. The number of aliphatic hydroxyl groups is 2. The Balaban J connectivity index is 2.04. The van der Waals surface area contributed by atoms with Crippen LogP contribution in [0.5, 0.6) is 0 Å². The summed E-state index contributed by atoms with van der Waals surface area (Å²) in [7, 11) is 0. The number of hydrogen-bond acceptors (Lipinski definition) is 5. The molecule has 166 valence electrons. The van der Waals surface area contributed by atoms with Gasteiger partial charge in [0.2, 0.25) is 0 Å². The maximum absolute atomic E-state index is 13.8. The van der Waals surface area contributed by atoms with Gasteiger partial charge in [0.05, 0.1) is 6.26 Å². The van der Waals surface area contributed by atoms with E-state index < -0.39 is 28.8 Å². The molecule has 2 aliphatic rings. The van der Waals surface area contributed by atoms with Gasteiger partial charge in [-0.2, -0.15) is 0 Å². The zero-order valence-electron chi connectivity index (χ0n) is 19.1. The average molecular weight is 417 g/mol. The molecule has 7 atom stereocenters. The van der Waals surface area contributed by atoms with Crippen molar-refractivity contribution >= 4 is 11.6 Å². The summed E-state index contributed by atoms with van der Waals surface area (Å²) in [5, 5.41) is 23.8. The first-order valence-electron chi connectivity index (χ1n) is 11.2. The Hall–Kier alpha value is -1.72. The van der Waals surface area contributed by atoms with Crippen LogP contribution in [-0.4, -0.2) is 33.0 Å². The minimum absolute atomic E-state index is 0.0909. The highest BCUT2D eigenvalue weighted by molar-refractivity contribution is 6.06. The largest absolute Gasteiger partial charge is 0.469 e. The lowest BCUT2D eigenvalue weighted by atomic mass is 9.52. The van der Waals surface area contributed by atoms with Crippen LogP contribution >= 0.6 is 0 Å². The quantitative estimate of drug-likeness (QED) is 0.684. The van der Waals surface area contributed by atoms with Gasteiger partial charge in [-0.3, -0.25) is 9.59 Å². The predicted molar refractivity (Wildman–Crippen MR) is 115 cm³/mol. The lowest BCUT2D eigenvalue weighted by Crippen LogP contribution is -2.75. The van der Waals surface area contributed by atoms with E-state index in [1.807, 2.05) is 26.8 Å². The first-order chi connectivity index (χ1) is 14.0. The molecule has 30 heavy (non-hydrogen) atoms. The van der Waals surface area contributed by atoms with Crippen molar-refractivity contribution < 1.29 is 24.2 Å². The van der Waals surface area contributed by atoms with Crippen LogP contribution in [-0.2, 0) is 16.0 Å². The molecule has 0 aliphatic heterocycles. The number of hydrogen-bond donors (Lipinski definition) is 2. The molecule has 0 amide bonds. The number of fused-ring (bicyclic) bond motifs is 1. The summed E-state index contributed by atoms with van der Waals surface area (Å²) in [6, 6.07) is 1.88. The van der Waals surface area contributed by atoms with Gasteiger partial charge >= 0.3 is 0 Å². The zero-order chi connectivity index (χ0) is 22.4. The fourth-order valence-electron chi connectivity index (χ4n) is 5.97. The van der Waals surface area contributed by atoms with Crippen LogP contribution in [0.25, 0.3) is 0 Å². The SMILES string of the molecule is CC(C)=CC(=O)[C@@]1(O)[C@@H](C)[C@@H]2CC[C@H](C)[C@H]2C(=O)[C@]1(O)[C@H](C)CCc1occc1C. The van der Waals surface area contributed by atoms with Gasteiger partial charge in [0.1, 0.15) is 5.76 Å². The molecule has 0 aromatic carbocycles. The minimum Gasteiger partial charge on any atom is -0.469 e. The van der Waals surface area contributed by atoms with Crippen molar-refractivity contribution in [2.45, 2.75) is 78.4 Å². The van der Waals surface area contributed by atoms with E-state index in [1.165, 1.54) is 6.08 Å². The number of rotatable bonds is 6. The number of furan rings is 1. The van der Waals surface area contributed by atoms with Crippen molar-refractivity contribution in [1.29, 1.82) is 0 Å². The smallest absolute Gasteiger partial charge is 0.190 e. The van der Waals surface area contributed by atoms with Gasteiger partial charge in [-0.05, 0) is 81.4 Å². The number of aryl methyl sites for hydroxylation is 2. The predicted octanol–water partition coefficient (Wildman–Crippen LogP) is 4.04. The van der Waals surface area contributed by atoms with Crippen molar-refractivity contribution in [3.63, 3.8) is 0 Å². The molecule has 0 unspecified atom stereocenters. The standard InChI is InChI=1S/C25H36O5/c1-14(2)13-21(26)25(29)18(6)19-9-7-16(4)22(19)23(27)24(25,28)17(5)8-10-20-15(3)11-12-30-20/h11-13,16-19,22,28-29H,7-10H2,1-6H3/t16-,17+,18-,19-,22+,24+,25-/m0/s1. The van der Waals surface area contributed by atoms with E-state index in [9.17, 15) is 19.8 Å². The highest BCUT2D eigenvalue weighted by Crippen LogP contribution is 2.56. The lowest BCUT2D eigenvalue weighted by molar-refractivity contribution is -0.225. The van der Waals surface area contributed by atoms with Crippen LogP contribution in [0.1, 0.15) is 65.2 Å². The van der Waals surface area contributed by atoms with E-state index >= 15 is 0 Å². The molecule has 0 bridgehead atoms. The topological polar surface area (TPSA) is 87.7 Å². The molecule has 2 N–H and O–H groups in total. The van der Waals surface area contributed by atoms with Crippen LogP contribution in [0.3, 0.4) is 0 Å². The average Bonchev–Trinajstić information content (AvgIpc) is 3.27. The highest BCUT2D eigenvalue weighted by atomic mass is 16.4. The van der Waals surface area contributed by atoms with Crippen LogP contribution in [0.2, 0.25) is 0 Å². The number of carbonyl (C=O) groups excluding carboxylic acids is 2. The maximum atomic E-state index is 13.8. The minimum atomic E-state index is -2.13. The van der Waals surface area contributed by atoms with E-state index in [4.69, 9.17) is 4.42 Å². The van der Waals surface area contributed by atoms with Crippen molar-refractivity contribution in [3.8, 4) is 0 Å². The van der Waals surface area contributed by atoms with E-state index in [-0.39, 0.29) is 23.5 Å². The summed E-state index contributed by atoms with van der Waals surface area (Å²) in [6.45, 7) is 11.1. The van der Waals surface area contributed by atoms with Crippen LogP contribution in [0, 0.1) is 36.5 Å². The monoisotopic (exact) mass is 416 g/mol. The van der Waals surface area contributed by atoms with E-state index in [1.54, 1.807) is 27.0 Å². The third-order valence-electron chi connectivity index (χ3n) is 7.87. The summed E-state index contributed by atoms with van der Waals surface area (Å²) in [4.78, 5) is 27.1. The van der Waals surface area contributed by atoms with Gasteiger partial charge in [0.15, 0.2) is 22.8 Å². The summed E-state index contributed by atoms with van der Waals surface area (Å²) >= 11 is 0. The van der Waals surface area contributed by atoms with Crippen molar-refractivity contribution in [2.75, 3.05) is 0 Å². The molecule has 1 aromatic rings. The summed E-state index contributed by atoms with van der Waals surface area (Å²) in [6.07, 6.45) is 5.61. The van der Waals surface area contributed by atoms with Crippen molar-refractivity contribution in [2.24, 2.45) is 29.6 Å². The molecule has 5 heteroatoms. The van der Waals surface area contributed by atoms with Crippen LogP contribution < -0.4 is 0 Å². The number of carbonyl (C=O) groups is 2. The third-order valence-corrected chi connectivity index (χ3v) is 7.87. The summed E-state index contributed by atoms with van der Waals surface area (Å²) < 4.78 is 5.52. The number of allylic oxidation sites excluding steroid dienone is 1. The molecule has 1 heterocycles. The van der Waals surface area contributed by atoms with E-state index in [0.717, 1.165) is 29.7 Å². The molecule has 0 spiro atoms. The van der Waals surface area contributed by atoms with E-state index in [2.05, 4.69) is 0 Å². The Kier molecular flexibility index (Phi) is 6.18. The molecule has 1 aromatic heterocycles. The second kappa shape index (κ2) is 8.08. The van der Waals surface area contributed by atoms with Gasteiger partial charge in [-0.1, -0.05) is 26.3 Å². The Labute approximate surface area is 179 Å². The third kappa shape index (κ3) is 3.31. The van der Waals surface area contributed by atoms with Gasteiger partial charge < -0.3 is 14.6 Å². The molecule has 0 radical (unpaired) electrons. The lowest BCUT2D eigenvalue weighted by Gasteiger charge is -2.55. The van der Waals surface area contributed by atoms with Crippen molar-refractivity contribution in [3.05, 3.63) is 35.3 Å². The second-order valence-electron chi connectivity index (χ2n) is 9.98. The highest BCUT2D eigenvalue weighted by Gasteiger charge is 2.71. The molecule has 2 saturated carbocycles. The molecule has 3 rings (SSSR count). The second-order valence-corrected chi connectivity index (χ2v) is 9.98. The fourth-order valence-corrected chi connectivity index (χ4v) is 5.97. The normalized spacial score (nSPS) is 37.0. The molecular weight excluding hydrogens is 380 g/mol. The summed E-state index contributed by atoms with van der Waals surface area (Å²) in [5.41, 5.74) is -2.52. The zero-order valence-corrected chi connectivity index (χ0v) is 19.1.